The molecule has 3 rings (SSSR count). The summed E-state index contributed by atoms with van der Waals surface area (Å²) in [5.41, 5.74) is 0.150. The maximum atomic E-state index is 12.4. The molecule has 0 aliphatic rings. The normalized spacial score (nSPS) is 10.3. The molecule has 0 atom stereocenters. The van der Waals surface area contributed by atoms with Crippen LogP contribution in [-0.2, 0) is 0 Å². The van der Waals surface area contributed by atoms with Crippen LogP contribution >= 0.6 is 0 Å². The summed E-state index contributed by atoms with van der Waals surface area (Å²) in [5, 5.41) is 11.0. The Bertz CT molecular complexity index is 1110. The Hall–Kier alpha value is -3.92. The van der Waals surface area contributed by atoms with Gasteiger partial charge in [0.1, 0.15) is 18.1 Å². The van der Waals surface area contributed by atoms with E-state index in [1.807, 2.05) is 0 Å². The molecule has 0 amide bonds. The van der Waals surface area contributed by atoms with Crippen LogP contribution in [0.1, 0.15) is 10.4 Å². The average Bonchev–Trinajstić information content (AvgIpc) is 2.65. The predicted octanol–water partition coefficient (Wildman–Crippen LogP) is 3.19. The number of benzene rings is 2. The molecule has 0 aliphatic carbocycles. The van der Waals surface area contributed by atoms with Crippen molar-refractivity contribution in [3.63, 3.8) is 0 Å². The van der Waals surface area contributed by atoms with E-state index in [2.05, 4.69) is 5.92 Å². The van der Waals surface area contributed by atoms with Gasteiger partial charge in [-0.3, -0.25) is 19.7 Å². The number of carbonyl (C=O) groups is 1. The molecule has 1 aromatic heterocycles. The Morgan fingerprint density at radius 2 is 1.96 bits per heavy atom. The first-order valence-corrected chi connectivity index (χ1v) is 7.42. The summed E-state index contributed by atoms with van der Waals surface area (Å²) in [6.45, 7) is -0.0430. The van der Waals surface area contributed by atoms with Gasteiger partial charge in [0.15, 0.2) is 17.3 Å². The quantitative estimate of drug-likeness (QED) is 0.303. The zero-order valence-corrected chi connectivity index (χ0v) is 13.3. The molecule has 1 heterocycles. The second-order valence-corrected chi connectivity index (χ2v) is 5.24. The van der Waals surface area contributed by atoms with Gasteiger partial charge in [0.25, 0.3) is 5.69 Å². The first-order chi connectivity index (χ1) is 12.5. The average molecular weight is 349 g/mol. The van der Waals surface area contributed by atoms with E-state index in [4.69, 9.17) is 15.6 Å². The van der Waals surface area contributed by atoms with Gasteiger partial charge in [-0.1, -0.05) is 5.92 Å². The third-order valence-electron chi connectivity index (χ3n) is 3.69. The number of hydrogen-bond donors (Lipinski definition) is 0. The van der Waals surface area contributed by atoms with E-state index in [0.717, 1.165) is 0 Å². The van der Waals surface area contributed by atoms with Gasteiger partial charge < -0.3 is 9.15 Å². The van der Waals surface area contributed by atoms with Crippen molar-refractivity contribution in [2.75, 3.05) is 6.61 Å². The molecule has 128 valence electrons. The highest BCUT2D eigenvalue weighted by molar-refractivity contribution is 5.97. The van der Waals surface area contributed by atoms with E-state index in [1.54, 1.807) is 0 Å². The number of carbonyl (C=O) groups excluding carboxylic acids is 1. The molecule has 7 heteroatoms. The van der Waals surface area contributed by atoms with Crippen LogP contribution < -0.4 is 10.2 Å². The van der Waals surface area contributed by atoms with Crippen molar-refractivity contribution < 1.29 is 18.9 Å². The zero-order chi connectivity index (χ0) is 18.7. The largest absolute Gasteiger partial charge is 0.480 e. The fraction of sp³-hybridized carbons (Fsp3) is 0.0526. The summed E-state index contributed by atoms with van der Waals surface area (Å²) in [4.78, 5) is 34.1. The van der Waals surface area contributed by atoms with Crippen LogP contribution in [0.5, 0.6) is 5.75 Å². The Balaban J connectivity index is 2.19. The highest BCUT2D eigenvalue weighted by Crippen LogP contribution is 2.29. The number of ether oxygens (including phenoxy) is 1. The summed E-state index contributed by atoms with van der Waals surface area (Å²) in [6, 6.07) is 9.74. The van der Waals surface area contributed by atoms with Crippen LogP contribution in [0, 0.1) is 22.5 Å². The topological polar surface area (TPSA) is 99.7 Å². The third kappa shape index (κ3) is 3.03. The standard InChI is InChI=1S/C19H11NO6/c1-2-9-25-17-8-7-14-16(22)10-18(26-19(14)15(17)11-21)12-3-5-13(6-4-12)20(23)24/h1,3-8,10-11H,9H2. The first-order valence-electron chi connectivity index (χ1n) is 7.42. The van der Waals surface area contributed by atoms with Gasteiger partial charge in [-0.05, 0) is 24.3 Å². The van der Waals surface area contributed by atoms with E-state index in [0.29, 0.717) is 11.8 Å². The summed E-state index contributed by atoms with van der Waals surface area (Å²) in [5.74, 6) is 2.67. The SMILES string of the molecule is C#CCOc1ccc2c(=O)cc(-c3ccc([N+](=O)[O-])cc3)oc2c1C=O. The van der Waals surface area contributed by atoms with Gasteiger partial charge in [0.2, 0.25) is 0 Å². The number of nitrogens with zero attached hydrogens (tertiary/aromatic N) is 1. The van der Waals surface area contributed by atoms with Crippen LogP contribution in [0.15, 0.2) is 51.7 Å². The minimum atomic E-state index is -0.528. The maximum absolute atomic E-state index is 12.4. The maximum Gasteiger partial charge on any atom is 0.269 e. The third-order valence-corrected chi connectivity index (χ3v) is 3.69. The molecule has 2 aromatic carbocycles. The molecule has 0 fully saturated rings. The molecule has 3 aromatic rings. The van der Waals surface area contributed by atoms with E-state index in [-0.39, 0.29) is 45.8 Å². The molecule has 0 saturated carbocycles. The minimum Gasteiger partial charge on any atom is -0.480 e. The number of terminal acetylenes is 1. The minimum absolute atomic E-state index is 0.0430. The number of hydrogen-bond acceptors (Lipinski definition) is 6. The van der Waals surface area contributed by atoms with Crippen LogP contribution in [-0.4, -0.2) is 17.8 Å². The second kappa shape index (κ2) is 6.91. The van der Waals surface area contributed by atoms with Gasteiger partial charge in [-0.15, -0.1) is 6.42 Å². The van der Waals surface area contributed by atoms with Crippen LogP contribution in [0.25, 0.3) is 22.3 Å². The number of nitro benzene ring substituents is 1. The van der Waals surface area contributed by atoms with Gasteiger partial charge >= 0.3 is 0 Å². The van der Waals surface area contributed by atoms with E-state index in [9.17, 15) is 19.7 Å². The van der Waals surface area contributed by atoms with E-state index < -0.39 is 4.92 Å². The predicted molar refractivity (Wildman–Crippen MR) is 94.3 cm³/mol. The molecule has 0 N–H and O–H groups in total. The van der Waals surface area contributed by atoms with Crippen molar-refractivity contribution in [1.82, 2.24) is 0 Å². The lowest BCUT2D eigenvalue weighted by Crippen LogP contribution is -2.04. The van der Waals surface area contributed by atoms with Crippen molar-refractivity contribution in [1.29, 1.82) is 0 Å². The number of aldehydes is 1. The molecule has 0 spiro atoms. The summed E-state index contributed by atoms with van der Waals surface area (Å²) < 4.78 is 11.0. The Morgan fingerprint density at radius 3 is 2.58 bits per heavy atom. The van der Waals surface area contributed by atoms with Crippen molar-refractivity contribution in [2.24, 2.45) is 0 Å². The summed E-state index contributed by atoms with van der Waals surface area (Å²) in [6.07, 6.45) is 5.68. The van der Waals surface area contributed by atoms with Crippen molar-refractivity contribution in [3.8, 4) is 29.4 Å². The fourth-order valence-corrected chi connectivity index (χ4v) is 2.47. The smallest absolute Gasteiger partial charge is 0.269 e. The van der Waals surface area contributed by atoms with Crippen molar-refractivity contribution >= 4 is 22.9 Å². The van der Waals surface area contributed by atoms with Gasteiger partial charge in [-0.25, -0.2) is 0 Å². The highest BCUT2D eigenvalue weighted by atomic mass is 16.6. The lowest BCUT2D eigenvalue weighted by Gasteiger charge is -2.09. The zero-order valence-electron chi connectivity index (χ0n) is 13.3. The van der Waals surface area contributed by atoms with Gasteiger partial charge in [-0.2, -0.15) is 0 Å². The first kappa shape index (κ1) is 16.9. The van der Waals surface area contributed by atoms with Crippen molar-refractivity contribution in [2.45, 2.75) is 0 Å². The Morgan fingerprint density at radius 1 is 1.23 bits per heavy atom. The van der Waals surface area contributed by atoms with E-state index >= 15 is 0 Å². The number of nitro groups is 1. The molecule has 0 bridgehead atoms. The van der Waals surface area contributed by atoms with E-state index in [1.165, 1.54) is 42.5 Å². The molecule has 7 nitrogen and oxygen atoms in total. The molecular formula is C19H11NO6. The van der Waals surface area contributed by atoms with Gasteiger partial charge in [0.05, 0.1) is 15.9 Å². The lowest BCUT2D eigenvalue weighted by atomic mass is 10.1. The number of non-ortho nitro benzene ring substituents is 1. The highest BCUT2D eigenvalue weighted by Gasteiger charge is 2.15. The molecular weight excluding hydrogens is 338 g/mol. The monoisotopic (exact) mass is 349 g/mol. The van der Waals surface area contributed by atoms with Crippen LogP contribution in [0.4, 0.5) is 5.69 Å². The molecule has 0 saturated heterocycles. The summed E-state index contributed by atoms with van der Waals surface area (Å²) in [7, 11) is 0. The Kier molecular flexibility index (Phi) is 4.50. The second-order valence-electron chi connectivity index (χ2n) is 5.24. The fourth-order valence-electron chi connectivity index (χ4n) is 2.47. The van der Waals surface area contributed by atoms with Gasteiger partial charge in [0, 0.05) is 23.8 Å². The molecule has 0 aliphatic heterocycles. The lowest BCUT2D eigenvalue weighted by molar-refractivity contribution is -0.384. The van der Waals surface area contributed by atoms with Crippen LogP contribution in [0.2, 0.25) is 0 Å². The molecule has 26 heavy (non-hydrogen) atoms. The molecule has 0 unspecified atom stereocenters. The Labute approximate surface area is 147 Å². The number of rotatable bonds is 5. The summed E-state index contributed by atoms with van der Waals surface area (Å²) >= 11 is 0. The van der Waals surface area contributed by atoms with Crippen LogP contribution in [0.3, 0.4) is 0 Å². The van der Waals surface area contributed by atoms with Crippen molar-refractivity contribution in [3.05, 3.63) is 68.4 Å². The molecule has 0 radical (unpaired) electrons. The number of fused-ring (bicyclic) bond motifs is 1.